The van der Waals surface area contributed by atoms with Gasteiger partial charge in [0, 0.05) is 30.5 Å². The van der Waals surface area contributed by atoms with Crippen LogP contribution < -0.4 is 11.1 Å². The largest absolute Gasteiger partial charge is 0.378 e. The minimum Gasteiger partial charge on any atom is -0.378 e. The van der Waals surface area contributed by atoms with E-state index in [1.54, 1.807) is 7.11 Å². The standard InChI is InChI=1S/C13H26N2O2.ClH/c1-8(9(2)14)11(16)15-10-7-13(5,17-6)12(10,3)4;/h8-10H,7,14H2,1-6H3,(H,15,16);1H. The fourth-order valence-corrected chi connectivity index (χ4v) is 2.26. The van der Waals surface area contributed by atoms with Gasteiger partial charge in [0.05, 0.1) is 5.60 Å². The summed E-state index contributed by atoms with van der Waals surface area (Å²) in [5.74, 6) is -0.114. The Kier molecular flexibility index (Phi) is 5.66. The summed E-state index contributed by atoms with van der Waals surface area (Å²) in [6.45, 7) is 10.1. The molecule has 0 spiro atoms. The molecule has 5 heteroatoms. The zero-order valence-electron chi connectivity index (χ0n) is 12.2. The Bertz CT molecular complexity index is 307. The van der Waals surface area contributed by atoms with Crippen LogP contribution in [0.15, 0.2) is 0 Å². The van der Waals surface area contributed by atoms with Crippen LogP contribution in [0.4, 0.5) is 0 Å². The Morgan fingerprint density at radius 2 is 1.89 bits per heavy atom. The maximum absolute atomic E-state index is 11.9. The van der Waals surface area contributed by atoms with Crippen molar-refractivity contribution in [1.82, 2.24) is 5.32 Å². The number of carbonyl (C=O) groups is 1. The summed E-state index contributed by atoms with van der Waals surface area (Å²) in [5.41, 5.74) is 5.54. The Labute approximate surface area is 116 Å². The topological polar surface area (TPSA) is 64.3 Å². The van der Waals surface area contributed by atoms with E-state index in [0.29, 0.717) is 0 Å². The molecular formula is C13H27ClN2O2. The van der Waals surface area contributed by atoms with Crippen LogP contribution >= 0.6 is 12.4 Å². The first kappa shape index (κ1) is 17.7. The molecule has 1 aliphatic rings. The van der Waals surface area contributed by atoms with Gasteiger partial charge < -0.3 is 15.8 Å². The fourth-order valence-electron chi connectivity index (χ4n) is 2.26. The van der Waals surface area contributed by atoms with Crippen LogP contribution in [-0.4, -0.2) is 30.7 Å². The highest BCUT2D eigenvalue weighted by molar-refractivity contribution is 5.85. The molecule has 0 aliphatic heterocycles. The first-order chi connectivity index (χ1) is 7.65. The summed E-state index contributed by atoms with van der Waals surface area (Å²) in [6, 6.07) is 0.0492. The molecule has 0 saturated heterocycles. The van der Waals surface area contributed by atoms with Crippen molar-refractivity contribution < 1.29 is 9.53 Å². The minimum atomic E-state index is -0.153. The molecule has 0 bridgehead atoms. The molecular weight excluding hydrogens is 252 g/mol. The van der Waals surface area contributed by atoms with E-state index in [4.69, 9.17) is 10.5 Å². The highest BCUT2D eigenvalue weighted by Gasteiger charge is 2.58. The predicted molar refractivity (Wildman–Crippen MR) is 75.8 cm³/mol. The van der Waals surface area contributed by atoms with Gasteiger partial charge in [-0.1, -0.05) is 20.8 Å². The van der Waals surface area contributed by atoms with Gasteiger partial charge >= 0.3 is 0 Å². The third kappa shape index (κ3) is 2.81. The van der Waals surface area contributed by atoms with Gasteiger partial charge in [0.1, 0.15) is 0 Å². The summed E-state index contributed by atoms with van der Waals surface area (Å²) in [7, 11) is 1.73. The van der Waals surface area contributed by atoms with Crippen molar-refractivity contribution in [1.29, 1.82) is 0 Å². The summed E-state index contributed by atoms with van der Waals surface area (Å²) in [5, 5.41) is 3.08. The second kappa shape index (κ2) is 5.76. The number of hydrogen-bond acceptors (Lipinski definition) is 3. The molecule has 4 nitrogen and oxygen atoms in total. The average molecular weight is 279 g/mol. The highest BCUT2D eigenvalue weighted by atomic mass is 35.5. The molecule has 0 aromatic rings. The van der Waals surface area contributed by atoms with Crippen LogP contribution in [0.1, 0.15) is 41.0 Å². The van der Waals surface area contributed by atoms with E-state index in [9.17, 15) is 4.79 Å². The maximum atomic E-state index is 11.9. The van der Waals surface area contributed by atoms with Crippen LogP contribution in [0, 0.1) is 11.3 Å². The maximum Gasteiger partial charge on any atom is 0.224 e. The van der Waals surface area contributed by atoms with E-state index < -0.39 is 0 Å². The van der Waals surface area contributed by atoms with Crippen LogP contribution in [-0.2, 0) is 9.53 Å². The molecule has 1 rings (SSSR count). The van der Waals surface area contributed by atoms with Gasteiger partial charge in [-0.15, -0.1) is 12.4 Å². The van der Waals surface area contributed by atoms with E-state index in [-0.39, 0.29) is 47.3 Å². The molecule has 1 fully saturated rings. The number of ether oxygens (including phenoxy) is 1. The van der Waals surface area contributed by atoms with Crippen LogP contribution in [0.25, 0.3) is 0 Å². The van der Waals surface area contributed by atoms with Crippen molar-refractivity contribution in [3.63, 3.8) is 0 Å². The first-order valence-corrected chi connectivity index (χ1v) is 6.27. The highest BCUT2D eigenvalue weighted by Crippen LogP contribution is 2.51. The third-order valence-electron chi connectivity index (χ3n) is 4.80. The van der Waals surface area contributed by atoms with Gasteiger partial charge in [-0.25, -0.2) is 0 Å². The van der Waals surface area contributed by atoms with Crippen LogP contribution in [0.2, 0.25) is 0 Å². The number of nitrogens with two attached hydrogens (primary N) is 1. The van der Waals surface area contributed by atoms with Crippen molar-refractivity contribution in [2.75, 3.05) is 7.11 Å². The zero-order chi connectivity index (χ0) is 13.4. The van der Waals surface area contributed by atoms with Gasteiger partial charge in [-0.3, -0.25) is 4.79 Å². The summed E-state index contributed by atoms with van der Waals surface area (Å²) < 4.78 is 5.53. The average Bonchev–Trinajstić information content (AvgIpc) is 2.26. The van der Waals surface area contributed by atoms with Gasteiger partial charge in [0.2, 0.25) is 5.91 Å². The molecule has 0 radical (unpaired) electrons. The van der Waals surface area contributed by atoms with Gasteiger partial charge in [-0.2, -0.15) is 0 Å². The second-order valence-electron chi connectivity index (χ2n) is 6.07. The third-order valence-corrected chi connectivity index (χ3v) is 4.80. The molecule has 1 amide bonds. The van der Waals surface area contributed by atoms with Crippen molar-refractivity contribution in [2.24, 2.45) is 17.1 Å². The Morgan fingerprint density at radius 1 is 1.39 bits per heavy atom. The number of amides is 1. The SMILES string of the molecule is COC1(C)CC(NC(=O)C(C)C(C)N)C1(C)C.Cl. The normalized spacial score (nSPS) is 32.7. The van der Waals surface area contributed by atoms with Crippen molar-refractivity contribution >= 4 is 18.3 Å². The van der Waals surface area contributed by atoms with Crippen molar-refractivity contribution in [3.05, 3.63) is 0 Å². The number of methoxy groups -OCH3 is 1. The lowest BCUT2D eigenvalue weighted by Crippen LogP contribution is -2.69. The van der Waals surface area contributed by atoms with E-state index in [1.807, 2.05) is 13.8 Å². The van der Waals surface area contributed by atoms with E-state index in [1.165, 1.54) is 0 Å². The molecule has 18 heavy (non-hydrogen) atoms. The minimum absolute atomic E-state index is 0. The Balaban J connectivity index is 0.00000289. The number of hydrogen-bond donors (Lipinski definition) is 2. The first-order valence-electron chi connectivity index (χ1n) is 6.27. The molecule has 1 saturated carbocycles. The molecule has 0 aromatic carbocycles. The summed E-state index contributed by atoms with van der Waals surface area (Å²) in [4.78, 5) is 11.9. The number of rotatable bonds is 4. The molecule has 1 aliphatic carbocycles. The van der Waals surface area contributed by atoms with Gasteiger partial charge in [0.25, 0.3) is 0 Å². The zero-order valence-corrected chi connectivity index (χ0v) is 13.1. The van der Waals surface area contributed by atoms with Crippen LogP contribution in [0.5, 0.6) is 0 Å². The number of carbonyl (C=O) groups excluding carboxylic acids is 1. The molecule has 0 heterocycles. The lowest BCUT2D eigenvalue weighted by atomic mass is 9.55. The number of nitrogens with one attached hydrogen (secondary N) is 1. The monoisotopic (exact) mass is 278 g/mol. The van der Waals surface area contributed by atoms with Crippen LogP contribution in [0.3, 0.4) is 0 Å². The molecule has 108 valence electrons. The molecule has 4 atom stereocenters. The smallest absolute Gasteiger partial charge is 0.224 e. The number of halogens is 1. The Hall–Kier alpha value is -0.320. The van der Waals surface area contributed by atoms with E-state index >= 15 is 0 Å². The molecule has 0 aromatic heterocycles. The van der Waals surface area contributed by atoms with E-state index in [2.05, 4.69) is 26.1 Å². The Morgan fingerprint density at radius 3 is 2.22 bits per heavy atom. The van der Waals surface area contributed by atoms with Gasteiger partial charge in [0.15, 0.2) is 0 Å². The lowest BCUT2D eigenvalue weighted by Gasteiger charge is -2.59. The second-order valence-corrected chi connectivity index (χ2v) is 6.07. The van der Waals surface area contributed by atoms with Crippen molar-refractivity contribution in [2.45, 2.75) is 58.7 Å². The van der Waals surface area contributed by atoms with Crippen molar-refractivity contribution in [3.8, 4) is 0 Å². The summed E-state index contributed by atoms with van der Waals surface area (Å²) in [6.07, 6.45) is 0.855. The predicted octanol–water partition coefficient (Wildman–Crippen LogP) is 1.71. The quantitative estimate of drug-likeness (QED) is 0.823. The molecule has 4 unspecified atom stereocenters. The summed E-state index contributed by atoms with van der Waals surface area (Å²) >= 11 is 0. The van der Waals surface area contributed by atoms with E-state index in [0.717, 1.165) is 6.42 Å². The lowest BCUT2D eigenvalue weighted by molar-refractivity contribution is -0.183. The molecule has 3 N–H and O–H groups in total. The fraction of sp³-hybridized carbons (Fsp3) is 0.923. The van der Waals surface area contributed by atoms with Gasteiger partial charge in [-0.05, 0) is 20.3 Å².